The monoisotopic (exact) mass is 282 g/mol. The molecular formula is C14H18O6. The number of carbonyl (C=O) groups is 1. The van der Waals surface area contributed by atoms with E-state index in [0.717, 1.165) is 0 Å². The minimum absolute atomic E-state index is 0.119. The summed E-state index contributed by atoms with van der Waals surface area (Å²) in [6, 6.07) is 0. The van der Waals surface area contributed by atoms with Crippen LogP contribution in [0.25, 0.3) is 0 Å². The molecule has 6 atom stereocenters. The molecule has 6 nitrogen and oxygen atoms in total. The van der Waals surface area contributed by atoms with Crippen molar-refractivity contribution in [2.75, 3.05) is 7.11 Å². The lowest BCUT2D eigenvalue weighted by Crippen LogP contribution is -2.58. The van der Waals surface area contributed by atoms with E-state index in [1.165, 1.54) is 13.2 Å². The Morgan fingerprint density at radius 2 is 2.15 bits per heavy atom. The molecule has 0 amide bonds. The first-order chi connectivity index (χ1) is 9.24. The third-order valence-corrected chi connectivity index (χ3v) is 5.97. The van der Waals surface area contributed by atoms with E-state index >= 15 is 0 Å². The summed E-state index contributed by atoms with van der Waals surface area (Å²) in [4.78, 5) is 11.7. The maximum absolute atomic E-state index is 11.7. The molecule has 20 heavy (non-hydrogen) atoms. The zero-order chi connectivity index (χ0) is 14.6. The summed E-state index contributed by atoms with van der Waals surface area (Å²) in [7, 11) is 1.46. The van der Waals surface area contributed by atoms with Gasteiger partial charge < -0.3 is 19.3 Å². The Hall–Kier alpha value is -1.11. The standard InChI is InChI=1S/C14H18O6/c1-7-8-6-11(2)12(3,18-8)13(7,16)20-14(11)9(17-4)5-10(15)19-14/h5,7-8,16H,6H2,1-4H3. The Morgan fingerprint density at radius 1 is 1.45 bits per heavy atom. The van der Waals surface area contributed by atoms with Crippen molar-refractivity contribution in [2.24, 2.45) is 11.3 Å². The van der Waals surface area contributed by atoms with Crippen LogP contribution in [0.1, 0.15) is 27.2 Å². The van der Waals surface area contributed by atoms with Gasteiger partial charge in [0, 0.05) is 5.92 Å². The summed E-state index contributed by atoms with van der Waals surface area (Å²) >= 11 is 0. The molecule has 6 unspecified atom stereocenters. The van der Waals surface area contributed by atoms with Crippen LogP contribution in [0.4, 0.5) is 0 Å². The average molecular weight is 282 g/mol. The molecule has 3 saturated heterocycles. The molecule has 0 aliphatic carbocycles. The van der Waals surface area contributed by atoms with Gasteiger partial charge in [0.1, 0.15) is 5.60 Å². The third-order valence-electron chi connectivity index (χ3n) is 5.97. The highest BCUT2D eigenvalue weighted by atomic mass is 16.8. The highest BCUT2D eigenvalue weighted by Crippen LogP contribution is 2.74. The summed E-state index contributed by atoms with van der Waals surface area (Å²) in [6.45, 7) is 5.63. The normalized spacial score (nSPS) is 59.2. The Kier molecular flexibility index (Phi) is 1.93. The SMILES string of the molecule is COC1=CC(=O)OC12OC1(O)C(C)C3CC2(C)C1(C)O3. The molecule has 110 valence electrons. The number of ether oxygens (including phenoxy) is 4. The molecule has 4 aliphatic rings. The van der Waals surface area contributed by atoms with Crippen molar-refractivity contribution in [1.29, 1.82) is 0 Å². The molecular weight excluding hydrogens is 264 g/mol. The fourth-order valence-electron chi connectivity index (χ4n) is 4.56. The van der Waals surface area contributed by atoms with Gasteiger partial charge in [-0.15, -0.1) is 0 Å². The van der Waals surface area contributed by atoms with Gasteiger partial charge >= 0.3 is 5.97 Å². The van der Waals surface area contributed by atoms with Crippen molar-refractivity contribution in [3.8, 4) is 0 Å². The molecule has 3 fully saturated rings. The van der Waals surface area contributed by atoms with Gasteiger partial charge in [-0.1, -0.05) is 6.92 Å². The summed E-state index contributed by atoms with van der Waals surface area (Å²) in [5.74, 6) is -3.31. The Morgan fingerprint density at radius 3 is 2.70 bits per heavy atom. The van der Waals surface area contributed by atoms with E-state index in [9.17, 15) is 9.90 Å². The van der Waals surface area contributed by atoms with Gasteiger partial charge in [0.05, 0.1) is 24.7 Å². The smallest absolute Gasteiger partial charge is 0.337 e. The number of rotatable bonds is 1. The molecule has 4 rings (SSSR count). The molecule has 1 spiro atoms. The number of hydrogen-bond donors (Lipinski definition) is 1. The van der Waals surface area contributed by atoms with Crippen molar-refractivity contribution in [3.63, 3.8) is 0 Å². The van der Waals surface area contributed by atoms with Crippen molar-refractivity contribution in [2.45, 2.75) is 50.5 Å². The van der Waals surface area contributed by atoms with Gasteiger partial charge in [-0.3, -0.25) is 4.74 Å². The molecule has 4 aliphatic heterocycles. The maximum atomic E-state index is 11.7. The third kappa shape index (κ3) is 0.899. The first-order valence-corrected chi connectivity index (χ1v) is 6.83. The van der Waals surface area contributed by atoms with Crippen LogP contribution in [0.2, 0.25) is 0 Å². The van der Waals surface area contributed by atoms with Gasteiger partial charge in [-0.25, -0.2) is 4.79 Å². The molecule has 1 N–H and O–H groups in total. The number of aliphatic hydroxyl groups is 1. The van der Waals surface area contributed by atoms with E-state index in [2.05, 4.69) is 0 Å². The first kappa shape index (κ1) is 12.6. The second-order valence-electron chi connectivity index (χ2n) is 6.56. The van der Waals surface area contributed by atoms with E-state index in [-0.39, 0.29) is 12.0 Å². The molecule has 0 radical (unpaired) electrons. The lowest BCUT2D eigenvalue weighted by Gasteiger charge is -2.42. The first-order valence-electron chi connectivity index (χ1n) is 6.83. The van der Waals surface area contributed by atoms with Gasteiger partial charge in [0.2, 0.25) is 5.79 Å². The quantitative estimate of drug-likeness (QED) is 0.713. The van der Waals surface area contributed by atoms with Crippen LogP contribution in [0.15, 0.2) is 11.8 Å². The van der Waals surface area contributed by atoms with Crippen molar-refractivity contribution < 1.29 is 28.8 Å². The van der Waals surface area contributed by atoms with Crippen molar-refractivity contribution >= 4 is 5.97 Å². The summed E-state index contributed by atoms with van der Waals surface area (Å²) in [5, 5.41) is 11.0. The number of carbonyl (C=O) groups excluding carboxylic acids is 1. The Labute approximate surface area is 116 Å². The average Bonchev–Trinajstić information content (AvgIpc) is 2.93. The molecule has 6 heteroatoms. The van der Waals surface area contributed by atoms with Gasteiger partial charge in [0.25, 0.3) is 5.79 Å². The number of fused-ring (bicyclic) bond motifs is 2. The fourth-order valence-corrected chi connectivity index (χ4v) is 4.56. The second kappa shape index (κ2) is 3.05. The maximum Gasteiger partial charge on any atom is 0.337 e. The summed E-state index contributed by atoms with van der Waals surface area (Å²) in [5.41, 5.74) is -1.63. The lowest BCUT2D eigenvalue weighted by molar-refractivity contribution is -0.308. The Balaban J connectivity index is 1.95. The van der Waals surface area contributed by atoms with Crippen LogP contribution in [0.5, 0.6) is 0 Å². The molecule has 0 aromatic rings. The summed E-state index contributed by atoms with van der Waals surface area (Å²) < 4.78 is 22.8. The topological polar surface area (TPSA) is 74.2 Å². The minimum Gasteiger partial charge on any atom is -0.494 e. The molecule has 4 heterocycles. The zero-order valence-corrected chi connectivity index (χ0v) is 11.9. The van der Waals surface area contributed by atoms with Crippen LogP contribution in [0.3, 0.4) is 0 Å². The van der Waals surface area contributed by atoms with Crippen LogP contribution in [-0.4, -0.2) is 41.5 Å². The van der Waals surface area contributed by atoms with Crippen LogP contribution in [-0.2, 0) is 23.7 Å². The van der Waals surface area contributed by atoms with E-state index in [1.54, 1.807) is 0 Å². The van der Waals surface area contributed by atoms with Crippen LogP contribution in [0, 0.1) is 11.3 Å². The zero-order valence-electron chi connectivity index (χ0n) is 11.9. The molecule has 0 saturated carbocycles. The van der Waals surface area contributed by atoms with Gasteiger partial charge in [-0.05, 0) is 20.3 Å². The fraction of sp³-hybridized carbons (Fsp3) is 0.786. The lowest BCUT2D eigenvalue weighted by atomic mass is 9.60. The van der Waals surface area contributed by atoms with Gasteiger partial charge in [0.15, 0.2) is 5.76 Å². The van der Waals surface area contributed by atoms with Crippen LogP contribution < -0.4 is 0 Å². The van der Waals surface area contributed by atoms with Crippen molar-refractivity contribution in [3.05, 3.63) is 11.8 Å². The number of hydrogen-bond acceptors (Lipinski definition) is 6. The molecule has 2 bridgehead atoms. The predicted molar refractivity (Wildman–Crippen MR) is 65.1 cm³/mol. The van der Waals surface area contributed by atoms with E-state index in [0.29, 0.717) is 12.2 Å². The second-order valence-corrected chi connectivity index (χ2v) is 6.56. The highest BCUT2D eigenvalue weighted by Gasteiger charge is 2.89. The minimum atomic E-state index is -1.49. The summed E-state index contributed by atoms with van der Waals surface area (Å²) in [6.07, 6.45) is 1.80. The van der Waals surface area contributed by atoms with E-state index < -0.39 is 28.6 Å². The molecule has 0 aromatic heterocycles. The van der Waals surface area contributed by atoms with E-state index in [4.69, 9.17) is 18.9 Å². The number of esters is 1. The Bertz CT molecular complexity index is 558. The van der Waals surface area contributed by atoms with Crippen molar-refractivity contribution in [1.82, 2.24) is 0 Å². The van der Waals surface area contributed by atoms with E-state index in [1.807, 2.05) is 20.8 Å². The van der Waals surface area contributed by atoms with Crippen LogP contribution >= 0.6 is 0 Å². The highest BCUT2D eigenvalue weighted by molar-refractivity contribution is 5.86. The number of methoxy groups -OCH3 is 1. The molecule has 0 aromatic carbocycles. The largest absolute Gasteiger partial charge is 0.494 e. The predicted octanol–water partition coefficient (Wildman–Crippen LogP) is 0.692. The van der Waals surface area contributed by atoms with Gasteiger partial charge in [-0.2, -0.15) is 0 Å².